The molecule has 17 heavy (non-hydrogen) atoms. The Morgan fingerprint density at radius 3 is 2.65 bits per heavy atom. The van der Waals surface area contributed by atoms with Gasteiger partial charge in [0.25, 0.3) is 0 Å². The zero-order valence-electron chi connectivity index (χ0n) is 10.4. The number of hydrogen-bond donors (Lipinski definition) is 0. The zero-order valence-corrected chi connectivity index (χ0v) is 11.4. The Morgan fingerprint density at radius 1 is 1.24 bits per heavy atom. The molecule has 2 rings (SSSR count). The number of rotatable bonds is 3. The molecule has 0 N–H and O–H groups in total. The Morgan fingerprint density at radius 2 is 1.94 bits per heavy atom. The summed E-state index contributed by atoms with van der Waals surface area (Å²) in [4.78, 5) is 11.8. The largest absolute Gasteiger partial charge is 0.519 e. The molecule has 0 bridgehead atoms. The molecule has 90 valence electrons. The summed E-state index contributed by atoms with van der Waals surface area (Å²) in [5, 5.41) is 1.15. The molecule has 4 heteroatoms. The van der Waals surface area contributed by atoms with Gasteiger partial charge in [-0.25, -0.2) is 0 Å². The van der Waals surface area contributed by atoms with Gasteiger partial charge >= 0.3 is 5.97 Å². The molecular weight excluding hydrogens is 230 g/mol. The third-order valence-corrected chi connectivity index (χ3v) is 3.24. The first kappa shape index (κ1) is 11.9. The predicted molar refractivity (Wildman–Crippen MR) is 71.4 cm³/mol. The number of nitrogens with zero attached hydrogens (tertiary/aromatic N) is 1. The van der Waals surface area contributed by atoms with Gasteiger partial charge in [-0.3, -0.25) is 4.79 Å². The molecule has 1 heterocycles. The summed E-state index contributed by atoms with van der Waals surface area (Å²) >= 11 is 0. The van der Waals surface area contributed by atoms with E-state index in [2.05, 4.69) is 0 Å². The van der Waals surface area contributed by atoms with Gasteiger partial charge in [-0.15, -0.1) is 0 Å². The van der Waals surface area contributed by atoms with Crippen LogP contribution in [0.5, 0.6) is 0 Å². The molecule has 2 aromatic rings. The van der Waals surface area contributed by atoms with Crippen molar-refractivity contribution in [1.82, 2.24) is 4.57 Å². The third kappa shape index (κ3) is 2.97. The number of para-hydroxylation sites is 1. The first-order valence-electron chi connectivity index (χ1n) is 5.71. The molecule has 0 fully saturated rings. The molecule has 0 saturated carbocycles. The highest BCUT2D eigenvalue weighted by molar-refractivity contribution is 6.71. The lowest BCUT2D eigenvalue weighted by Gasteiger charge is -2.17. The fraction of sp³-hybridized carbons (Fsp3) is 0.308. The molecule has 0 unspecified atom stereocenters. The van der Waals surface area contributed by atoms with Crippen LogP contribution in [-0.4, -0.2) is 18.9 Å². The maximum Gasteiger partial charge on any atom is 0.312 e. The molecule has 0 aliphatic carbocycles. The van der Waals surface area contributed by atoms with Crippen molar-refractivity contribution in [1.29, 1.82) is 0 Å². The summed E-state index contributed by atoms with van der Waals surface area (Å²) in [6.45, 7) is 6.33. The van der Waals surface area contributed by atoms with Crippen molar-refractivity contribution in [2.45, 2.75) is 26.2 Å². The monoisotopic (exact) mass is 247 g/mol. The first-order valence-corrected chi connectivity index (χ1v) is 9.12. The van der Waals surface area contributed by atoms with E-state index in [1.54, 1.807) is 0 Å². The van der Waals surface area contributed by atoms with Crippen LogP contribution in [0.4, 0.5) is 0 Å². The molecule has 0 radical (unpaired) electrons. The van der Waals surface area contributed by atoms with Crippen molar-refractivity contribution in [3.63, 3.8) is 0 Å². The van der Waals surface area contributed by atoms with Gasteiger partial charge in [0.2, 0.25) is 8.32 Å². The fourth-order valence-corrected chi connectivity index (χ4v) is 2.54. The Bertz CT molecular complexity index is 540. The van der Waals surface area contributed by atoms with E-state index >= 15 is 0 Å². The smallest absolute Gasteiger partial charge is 0.312 e. The van der Waals surface area contributed by atoms with Crippen LogP contribution >= 0.6 is 0 Å². The van der Waals surface area contributed by atoms with Gasteiger partial charge in [-0.1, -0.05) is 18.2 Å². The highest BCUT2D eigenvalue weighted by atomic mass is 28.4. The van der Waals surface area contributed by atoms with E-state index in [0.717, 1.165) is 10.9 Å². The van der Waals surface area contributed by atoms with Crippen molar-refractivity contribution in [2.75, 3.05) is 0 Å². The quantitative estimate of drug-likeness (QED) is 0.781. The lowest BCUT2D eigenvalue weighted by Crippen LogP contribution is -2.30. The minimum atomic E-state index is -1.78. The van der Waals surface area contributed by atoms with Gasteiger partial charge in [0.05, 0.1) is 0 Å². The summed E-state index contributed by atoms with van der Waals surface area (Å²) in [6, 6.07) is 10.0. The Hall–Kier alpha value is -1.55. The molecule has 0 amide bonds. The average Bonchev–Trinajstić information content (AvgIpc) is 2.59. The van der Waals surface area contributed by atoms with Crippen molar-refractivity contribution in [3.05, 3.63) is 36.5 Å². The second kappa shape index (κ2) is 4.37. The van der Waals surface area contributed by atoms with E-state index in [-0.39, 0.29) is 12.5 Å². The van der Waals surface area contributed by atoms with Gasteiger partial charge in [-0.2, -0.15) is 0 Å². The van der Waals surface area contributed by atoms with E-state index in [1.807, 2.05) is 60.7 Å². The summed E-state index contributed by atoms with van der Waals surface area (Å²) in [5.41, 5.74) is 1.07. The summed E-state index contributed by atoms with van der Waals surface area (Å²) < 4.78 is 7.37. The van der Waals surface area contributed by atoms with Gasteiger partial charge < -0.3 is 8.99 Å². The standard InChI is InChI=1S/C13H17NO2Si/c1-17(2,3)16-13(15)10-14-9-8-11-6-4-5-7-12(11)14/h4-9H,10H2,1-3H3. The zero-order chi connectivity index (χ0) is 12.5. The molecule has 0 aliphatic rings. The third-order valence-electron chi connectivity index (χ3n) is 2.40. The highest BCUT2D eigenvalue weighted by Crippen LogP contribution is 2.15. The van der Waals surface area contributed by atoms with Crippen LogP contribution in [0, 0.1) is 0 Å². The van der Waals surface area contributed by atoms with E-state index < -0.39 is 8.32 Å². The Labute approximate surface area is 102 Å². The van der Waals surface area contributed by atoms with Gasteiger partial charge in [-0.05, 0) is 37.2 Å². The number of fused-ring (bicyclic) bond motifs is 1. The predicted octanol–water partition coefficient (Wildman–Crippen LogP) is 3.02. The normalized spacial score (nSPS) is 11.7. The number of hydrogen-bond acceptors (Lipinski definition) is 2. The van der Waals surface area contributed by atoms with E-state index in [0.29, 0.717) is 0 Å². The molecule has 1 aromatic heterocycles. The van der Waals surface area contributed by atoms with E-state index in [9.17, 15) is 4.79 Å². The number of carbonyl (C=O) groups is 1. The summed E-state index contributed by atoms with van der Waals surface area (Å²) in [7, 11) is -1.78. The van der Waals surface area contributed by atoms with Crippen molar-refractivity contribution >= 4 is 25.2 Å². The van der Waals surface area contributed by atoms with Gasteiger partial charge in [0.1, 0.15) is 6.54 Å². The van der Waals surface area contributed by atoms with Crippen LogP contribution < -0.4 is 0 Å². The highest BCUT2D eigenvalue weighted by Gasteiger charge is 2.20. The lowest BCUT2D eigenvalue weighted by atomic mass is 10.2. The SMILES string of the molecule is C[Si](C)(C)OC(=O)Cn1ccc2ccccc21. The van der Waals surface area contributed by atoms with Crippen LogP contribution in [0.25, 0.3) is 10.9 Å². The summed E-state index contributed by atoms with van der Waals surface area (Å²) in [5.74, 6) is -0.148. The molecular formula is C13H17NO2Si. The van der Waals surface area contributed by atoms with Crippen molar-refractivity contribution < 1.29 is 9.22 Å². The van der Waals surface area contributed by atoms with Crippen molar-refractivity contribution in [3.8, 4) is 0 Å². The number of carbonyl (C=O) groups excluding carboxylic acids is 1. The minimum Gasteiger partial charge on any atom is -0.519 e. The minimum absolute atomic E-state index is 0.148. The van der Waals surface area contributed by atoms with Crippen LogP contribution in [0.15, 0.2) is 36.5 Å². The molecule has 0 saturated heterocycles. The second-order valence-electron chi connectivity index (χ2n) is 5.09. The average molecular weight is 247 g/mol. The maximum absolute atomic E-state index is 11.8. The van der Waals surface area contributed by atoms with E-state index in [4.69, 9.17) is 4.43 Å². The second-order valence-corrected chi connectivity index (χ2v) is 9.52. The first-order chi connectivity index (χ1) is 7.96. The lowest BCUT2D eigenvalue weighted by molar-refractivity contribution is -0.135. The topological polar surface area (TPSA) is 31.2 Å². The van der Waals surface area contributed by atoms with Gasteiger partial charge in [0, 0.05) is 11.7 Å². The van der Waals surface area contributed by atoms with Gasteiger partial charge in [0.15, 0.2) is 0 Å². The molecule has 0 atom stereocenters. The number of aromatic nitrogens is 1. The van der Waals surface area contributed by atoms with Crippen LogP contribution in [0.2, 0.25) is 19.6 Å². The van der Waals surface area contributed by atoms with E-state index in [1.165, 1.54) is 0 Å². The number of benzene rings is 1. The van der Waals surface area contributed by atoms with Crippen LogP contribution in [-0.2, 0) is 15.8 Å². The Balaban J connectivity index is 2.16. The maximum atomic E-state index is 11.8. The molecule has 0 aliphatic heterocycles. The molecule has 0 spiro atoms. The Kier molecular flexibility index (Phi) is 3.06. The summed E-state index contributed by atoms with van der Waals surface area (Å²) in [6.07, 6.45) is 1.93. The molecule has 1 aromatic carbocycles. The van der Waals surface area contributed by atoms with Crippen molar-refractivity contribution in [2.24, 2.45) is 0 Å². The van der Waals surface area contributed by atoms with Crippen LogP contribution in [0.3, 0.4) is 0 Å². The van der Waals surface area contributed by atoms with Crippen LogP contribution in [0.1, 0.15) is 0 Å². The molecule has 3 nitrogen and oxygen atoms in total. The fourth-order valence-electron chi connectivity index (χ4n) is 1.79.